The van der Waals surface area contributed by atoms with Crippen LogP contribution in [0.15, 0.2) is 42.5 Å². The van der Waals surface area contributed by atoms with Crippen molar-refractivity contribution in [2.75, 3.05) is 24.3 Å². The molecule has 0 aliphatic heterocycles. The monoisotopic (exact) mass is 294 g/mol. The van der Waals surface area contributed by atoms with Gasteiger partial charge in [0, 0.05) is 31.4 Å². The van der Waals surface area contributed by atoms with E-state index in [0.29, 0.717) is 6.54 Å². The quantitative estimate of drug-likeness (QED) is 0.881. The third-order valence-corrected chi connectivity index (χ3v) is 3.54. The van der Waals surface area contributed by atoms with Gasteiger partial charge in [-0.25, -0.2) is 0 Å². The molecule has 2 aromatic rings. The third-order valence-electron chi connectivity index (χ3n) is 2.87. The molecule has 0 atom stereocenters. The maximum absolute atomic E-state index is 6.23. The first-order chi connectivity index (χ1) is 9.08. The van der Waals surface area contributed by atoms with Gasteiger partial charge in [0.25, 0.3) is 0 Å². The average molecular weight is 295 g/mol. The first-order valence-electron chi connectivity index (χ1n) is 6.02. The maximum atomic E-state index is 6.23. The number of hydrogen-bond acceptors (Lipinski definition) is 2. The van der Waals surface area contributed by atoms with Gasteiger partial charge in [0.15, 0.2) is 0 Å². The van der Waals surface area contributed by atoms with Crippen molar-refractivity contribution in [3.05, 3.63) is 58.1 Å². The van der Waals surface area contributed by atoms with Gasteiger partial charge in [-0.15, -0.1) is 0 Å². The minimum Gasteiger partial charge on any atom is -0.381 e. The van der Waals surface area contributed by atoms with Crippen molar-refractivity contribution in [1.29, 1.82) is 0 Å². The van der Waals surface area contributed by atoms with Gasteiger partial charge >= 0.3 is 0 Å². The molecule has 0 heterocycles. The molecule has 100 valence electrons. The lowest BCUT2D eigenvalue weighted by Crippen LogP contribution is -2.09. The number of halogens is 2. The molecule has 1 N–H and O–H groups in total. The van der Waals surface area contributed by atoms with Crippen molar-refractivity contribution in [3.8, 4) is 0 Å². The van der Waals surface area contributed by atoms with E-state index in [1.807, 2.05) is 61.5 Å². The molecule has 19 heavy (non-hydrogen) atoms. The molecule has 2 nitrogen and oxygen atoms in total. The fraction of sp³-hybridized carbons (Fsp3) is 0.200. The summed E-state index contributed by atoms with van der Waals surface area (Å²) in [5.74, 6) is 0. The van der Waals surface area contributed by atoms with Crippen LogP contribution in [0.3, 0.4) is 0 Å². The van der Waals surface area contributed by atoms with E-state index in [4.69, 9.17) is 23.2 Å². The predicted octanol–water partition coefficient (Wildman–Crippen LogP) is 4.67. The molecule has 0 fully saturated rings. The number of nitrogens with one attached hydrogen (secondary N) is 1. The molecule has 0 aromatic heterocycles. The van der Waals surface area contributed by atoms with E-state index in [1.165, 1.54) is 0 Å². The highest BCUT2D eigenvalue weighted by atomic mass is 35.5. The minimum atomic E-state index is 0.678. The number of benzene rings is 2. The molecule has 0 saturated heterocycles. The van der Waals surface area contributed by atoms with E-state index < -0.39 is 0 Å². The van der Waals surface area contributed by atoms with Crippen LogP contribution in [0, 0.1) is 0 Å². The lowest BCUT2D eigenvalue weighted by Gasteiger charge is -2.16. The molecule has 2 rings (SSSR count). The number of rotatable bonds is 4. The second kappa shape index (κ2) is 6.18. The zero-order valence-corrected chi connectivity index (χ0v) is 12.5. The summed E-state index contributed by atoms with van der Waals surface area (Å²) in [6.45, 7) is 0.678. The molecule has 4 heteroatoms. The highest BCUT2D eigenvalue weighted by molar-refractivity contribution is 6.33. The van der Waals surface area contributed by atoms with E-state index in [-0.39, 0.29) is 0 Å². The summed E-state index contributed by atoms with van der Waals surface area (Å²) in [5.41, 5.74) is 3.05. The van der Waals surface area contributed by atoms with Gasteiger partial charge in [0.05, 0.1) is 10.7 Å². The summed E-state index contributed by atoms with van der Waals surface area (Å²) in [7, 11) is 3.94. The van der Waals surface area contributed by atoms with E-state index in [0.717, 1.165) is 27.0 Å². The average Bonchev–Trinajstić information content (AvgIpc) is 2.37. The van der Waals surface area contributed by atoms with Crippen LogP contribution in [0.5, 0.6) is 0 Å². The van der Waals surface area contributed by atoms with Crippen molar-refractivity contribution in [3.63, 3.8) is 0 Å². The van der Waals surface area contributed by atoms with Gasteiger partial charge in [-0.1, -0.05) is 41.4 Å². The predicted molar refractivity (Wildman–Crippen MR) is 84.6 cm³/mol. The Balaban J connectivity index is 2.08. The van der Waals surface area contributed by atoms with Crippen LogP contribution in [0.25, 0.3) is 0 Å². The molecule has 0 saturated carbocycles. The SMILES string of the molecule is CN(C)c1ccc(NCc2ccccc2Cl)cc1Cl. The summed E-state index contributed by atoms with van der Waals surface area (Å²) >= 11 is 12.3. The molecule has 0 amide bonds. The summed E-state index contributed by atoms with van der Waals surface area (Å²) in [5, 5.41) is 4.82. The van der Waals surface area contributed by atoms with Crippen LogP contribution in [0.4, 0.5) is 11.4 Å². The lowest BCUT2D eigenvalue weighted by molar-refractivity contribution is 1.12. The minimum absolute atomic E-state index is 0.678. The molecule has 0 bridgehead atoms. The van der Waals surface area contributed by atoms with Crippen LogP contribution in [-0.4, -0.2) is 14.1 Å². The second-order valence-electron chi connectivity index (χ2n) is 4.51. The largest absolute Gasteiger partial charge is 0.381 e. The van der Waals surface area contributed by atoms with Crippen molar-refractivity contribution in [2.24, 2.45) is 0 Å². The fourth-order valence-electron chi connectivity index (χ4n) is 1.82. The maximum Gasteiger partial charge on any atom is 0.0659 e. The van der Waals surface area contributed by atoms with E-state index >= 15 is 0 Å². The van der Waals surface area contributed by atoms with Crippen molar-refractivity contribution in [2.45, 2.75) is 6.54 Å². The molecular weight excluding hydrogens is 279 g/mol. The van der Waals surface area contributed by atoms with Crippen molar-refractivity contribution < 1.29 is 0 Å². The number of hydrogen-bond donors (Lipinski definition) is 1. The normalized spacial score (nSPS) is 10.3. The first kappa shape index (κ1) is 14.0. The smallest absolute Gasteiger partial charge is 0.0659 e. The van der Waals surface area contributed by atoms with Gasteiger partial charge < -0.3 is 10.2 Å². The van der Waals surface area contributed by atoms with Crippen LogP contribution in [-0.2, 0) is 6.54 Å². The lowest BCUT2D eigenvalue weighted by atomic mass is 10.2. The van der Waals surface area contributed by atoms with Crippen LogP contribution >= 0.6 is 23.2 Å². The summed E-state index contributed by atoms with van der Waals surface area (Å²) in [6.07, 6.45) is 0. The standard InChI is InChI=1S/C15H16Cl2N2/c1-19(2)15-8-7-12(9-14(15)17)18-10-11-5-3-4-6-13(11)16/h3-9,18H,10H2,1-2H3. The number of anilines is 2. The Morgan fingerprint density at radius 2 is 1.74 bits per heavy atom. The Bertz CT molecular complexity index is 568. The van der Waals surface area contributed by atoms with Crippen LogP contribution < -0.4 is 10.2 Å². The van der Waals surface area contributed by atoms with Gasteiger partial charge in [-0.2, -0.15) is 0 Å². The molecule has 0 aliphatic rings. The molecule has 2 aromatic carbocycles. The zero-order chi connectivity index (χ0) is 13.8. The van der Waals surface area contributed by atoms with E-state index in [2.05, 4.69) is 5.32 Å². The summed E-state index contributed by atoms with van der Waals surface area (Å²) in [4.78, 5) is 1.99. The van der Waals surface area contributed by atoms with Gasteiger partial charge in [-0.05, 0) is 29.8 Å². The van der Waals surface area contributed by atoms with Crippen LogP contribution in [0.2, 0.25) is 10.0 Å². The van der Waals surface area contributed by atoms with Gasteiger partial charge in [0.1, 0.15) is 0 Å². The third kappa shape index (κ3) is 3.55. The molecular formula is C15H16Cl2N2. The van der Waals surface area contributed by atoms with Crippen molar-refractivity contribution in [1.82, 2.24) is 0 Å². The fourth-order valence-corrected chi connectivity index (χ4v) is 2.37. The topological polar surface area (TPSA) is 15.3 Å². The molecule has 0 unspecified atom stereocenters. The van der Waals surface area contributed by atoms with Gasteiger partial charge in [-0.3, -0.25) is 0 Å². The Labute approximate surface area is 123 Å². The number of nitrogens with zero attached hydrogens (tertiary/aromatic N) is 1. The van der Waals surface area contributed by atoms with Gasteiger partial charge in [0.2, 0.25) is 0 Å². The van der Waals surface area contributed by atoms with E-state index in [1.54, 1.807) is 0 Å². The zero-order valence-electron chi connectivity index (χ0n) is 11.0. The molecule has 0 radical (unpaired) electrons. The molecule has 0 aliphatic carbocycles. The first-order valence-corrected chi connectivity index (χ1v) is 6.77. The van der Waals surface area contributed by atoms with Crippen LogP contribution in [0.1, 0.15) is 5.56 Å². The Hall–Kier alpha value is -1.38. The Morgan fingerprint density at radius 3 is 2.37 bits per heavy atom. The highest BCUT2D eigenvalue weighted by Crippen LogP contribution is 2.27. The van der Waals surface area contributed by atoms with E-state index in [9.17, 15) is 0 Å². The molecule has 0 spiro atoms. The summed E-state index contributed by atoms with van der Waals surface area (Å²) in [6, 6.07) is 13.7. The Morgan fingerprint density at radius 1 is 1.00 bits per heavy atom. The Kier molecular flexibility index (Phi) is 4.56. The summed E-state index contributed by atoms with van der Waals surface area (Å²) < 4.78 is 0. The van der Waals surface area contributed by atoms with Crippen molar-refractivity contribution >= 4 is 34.6 Å². The second-order valence-corrected chi connectivity index (χ2v) is 5.32. The highest BCUT2D eigenvalue weighted by Gasteiger charge is 2.04.